The van der Waals surface area contributed by atoms with E-state index >= 15 is 0 Å². The van der Waals surface area contributed by atoms with Crippen LogP contribution in [0.5, 0.6) is 0 Å². The molecular weight excluding hydrogens is 200 g/mol. The highest BCUT2D eigenvalue weighted by molar-refractivity contribution is 4.75. The molecule has 96 valence electrons. The lowest BCUT2D eigenvalue weighted by atomic mass is 10.0. The molecule has 2 unspecified atom stereocenters. The van der Waals surface area contributed by atoms with E-state index in [0.29, 0.717) is 18.1 Å². The van der Waals surface area contributed by atoms with Crippen LogP contribution in [0.15, 0.2) is 0 Å². The van der Waals surface area contributed by atoms with Gasteiger partial charge in [0.25, 0.3) is 0 Å². The Morgan fingerprint density at radius 3 is 2.62 bits per heavy atom. The number of likely N-dealkylation sites (N-methyl/N-ethyl adjacent to an activating group) is 1. The van der Waals surface area contributed by atoms with Gasteiger partial charge in [0.15, 0.2) is 0 Å². The zero-order chi connectivity index (χ0) is 12.0. The van der Waals surface area contributed by atoms with E-state index in [1.807, 2.05) is 0 Å². The first-order valence-corrected chi connectivity index (χ1v) is 6.65. The number of nitrogens with zero attached hydrogens (tertiary/aromatic N) is 1. The third-order valence-corrected chi connectivity index (χ3v) is 3.40. The van der Waals surface area contributed by atoms with Crippen molar-refractivity contribution in [2.75, 3.05) is 26.7 Å². The van der Waals surface area contributed by atoms with Crippen molar-refractivity contribution in [3.8, 4) is 0 Å². The molecule has 0 radical (unpaired) electrons. The Morgan fingerprint density at radius 2 is 2.12 bits per heavy atom. The number of hydrogen-bond acceptors (Lipinski definition) is 3. The molecule has 2 N–H and O–H groups in total. The maximum absolute atomic E-state index is 5.84. The summed E-state index contributed by atoms with van der Waals surface area (Å²) in [5.74, 6) is 0.711. The second-order valence-corrected chi connectivity index (χ2v) is 5.45. The molecule has 1 heterocycles. The summed E-state index contributed by atoms with van der Waals surface area (Å²) >= 11 is 0. The van der Waals surface area contributed by atoms with Gasteiger partial charge in [-0.2, -0.15) is 0 Å². The first kappa shape index (κ1) is 13.9. The molecule has 0 aromatic rings. The molecule has 1 fully saturated rings. The summed E-state index contributed by atoms with van der Waals surface area (Å²) in [7, 11) is 2.18. The van der Waals surface area contributed by atoms with E-state index < -0.39 is 0 Å². The van der Waals surface area contributed by atoms with Gasteiger partial charge in [-0.1, -0.05) is 13.8 Å². The molecule has 3 nitrogen and oxygen atoms in total. The average Bonchev–Trinajstić information content (AvgIpc) is 2.26. The molecule has 1 saturated heterocycles. The maximum Gasteiger partial charge on any atom is 0.0702 e. The summed E-state index contributed by atoms with van der Waals surface area (Å²) in [6, 6.07) is 0.505. The van der Waals surface area contributed by atoms with Crippen LogP contribution in [0.4, 0.5) is 0 Å². The highest BCUT2D eigenvalue weighted by atomic mass is 16.5. The average molecular weight is 228 g/mol. The van der Waals surface area contributed by atoms with Gasteiger partial charge in [0.1, 0.15) is 0 Å². The van der Waals surface area contributed by atoms with Crippen LogP contribution in [0.1, 0.15) is 39.5 Å². The van der Waals surface area contributed by atoms with E-state index in [-0.39, 0.29) is 0 Å². The predicted octanol–water partition coefficient (Wildman–Crippen LogP) is 1.86. The summed E-state index contributed by atoms with van der Waals surface area (Å²) in [6.45, 7) is 7.24. The normalized spacial score (nSPS) is 24.0. The van der Waals surface area contributed by atoms with Crippen LogP contribution in [-0.2, 0) is 4.74 Å². The first-order chi connectivity index (χ1) is 7.63. The van der Waals surface area contributed by atoms with E-state index in [2.05, 4.69) is 25.8 Å². The van der Waals surface area contributed by atoms with Gasteiger partial charge in [-0.05, 0) is 38.6 Å². The third kappa shape index (κ3) is 4.81. The van der Waals surface area contributed by atoms with Crippen molar-refractivity contribution in [2.24, 2.45) is 11.7 Å². The number of ether oxygens (including phenoxy) is 1. The minimum atomic E-state index is 0.431. The van der Waals surface area contributed by atoms with Crippen LogP contribution < -0.4 is 5.73 Å². The minimum absolute atomic E-state index is 0.431. The van der Waals surface area contributed by atoms with Crippen LogP contribution in [0.2, 0.25) is 0 Å². The molecule has 16 heavy (non-hydrogen) atoms. The van der Waals surface area contributed by atoms with Crippen molar-refractivity contribution < 1.29 is 4.74 Å². The molecule has 3 heteroatoms. The fourth-order valence-electron chi connectivity index (χ4n) is 2.42. The van der Waals surface area contributed by atoms with Crippen molar-refractivity contribution in [1.29, 1.82) is 0 Å². The lowest BCUT2D eigenvalue weighted by Gasteiger charge is -2.33. The zero-order valence-electron chi connectivity index (χ0n) is 11.1. The maximum atomic E-state index is 5.84. The second-order valence-electron chi connectivity index (χ2n) is 5.45. The van der Waals surface area contributed by atoms with Crippen LogP contribution in [-0.4, -0.2) is 43.8 Å². The van der Waals surface area contributed by atoms with Gasteiger partial charge in [-0.25, -0.2) is 0 Å². The molecule has 0 bridgehead atoms. The highest BCUT2D eigenvalue weighted by Crippen LogP contribution is 2.16. The van der Waals surface area contributed by atoms with Crippen LogP contribution in [0, 0.1) is 5.92 Å². The van der Waals surface area contributed by atoms with Gasteiger partial charge >= 0.3 is 0 Å². The molecule has 2 atom stereocenters. The smallest absolute Gasteiger partial charge is 0.0702 e. The molecule has 0 saturated carbocycles. The summed E-state index contributed by atoms with van der Waals surface area (Å²) in [6.07, 6.45) is 5.37. The van der Waals surface area contributed by atoms with E-state index in [1.165, 1.54) is 25.7 Å². The number of nitrogens with two attached hydrogens (primary N) is 1. The van der Waals surface area contributed by atoms with Gasteiger partial charge in [0.2, 0.25) is 0 Å². The van der Waals surface area contributed by atoms with Gasteiger partial charge in [0, 0.05) is 25.7 Å². The van der Waals surface area contributed by atoms with Crippen molar-refractivity contribution in [3.63, 3.8) is 0 Å². The summed E-state index contributed by atoms with van der Waals surface area (Å²) in [4.78, 5) is 2.38. The van der Waals surface area contributed by atoms with Crippen molar-refractivity contribution in [3.05, 3.63) is 0 Å². The standard InChI is InChI=1S/C13H28N2O/c1-11(2)8-12(9-14)15(3)10-13-6-4-5-7-16-13/h11-13H,4-10,14H2,1-3H3. The minimum Gasteiger partial charge on any atom is -0.377 e. The lowest BCUT2D eigenvalue weighted by Crippen LogP contribution is -2.43. The lowest BCUT2D eigenvalue weighted by molar-refractivity contribution is -0.00891. The molecule has 1 rings (SSSR count). The Balaban J connectivity index is 2.32. The summed E-state index contributed by atoms with van der Waals surface area (Å²) in [5, 5.41) is 0. The molecule has 0 aromatic heterocycles. The number of rotatable bonds is 6. The van der Waals surface area contributed by atoms with Crippen LogP contribution >= 0.6 is 0 Å². The van der Waals surface area contributed by atoms with E-state index in [4.69, 9.17) is 10.5 Å². The molecule has 0 amide bonds. The Morgan fingerprint density at radius 1 is 1.38 bits per heavy atom. The molecule has 1 aliphatic rings. The highest BCUT2D eigenvalue weighted by Gasteiger charge is 2.20. The summed E-state index contributed by atoms with van der Waals surface area (Å²) < 4.78 is 5.77. The monoisotopic (exact) mass is 228 g/mol. The van der Waals surface area contributed by atoms with E-state index in [0.717, 1.165) is 19.7 Å². The quantitative estimate of drug-likeness (QED) is 0.754. The van der Waals surface area contributed by atoms with Gasteiger partial charge in [-0.15, -0.1) is 0 Å². The fraction of sp³-hybridized carbons (Fsp3) is 1.00. The predicted molar refractivity (Wildman–Crippen MR) is 68.5 cm³/mol. The topological polar surface area (TPSA) is 38.5 Å². The largest absolute Gasteiger partial charge is 0.377 e. The molecule has 0 aliphatic carbocycles. The van der Waals surface area contributed by atoms with Crippen molar-refractivity contribution >= 4 is 0 Å². The first-order valence-electron chi connectivity index (χ1n) is 6.65. The Labute approximate surface area is 100 Å². The summed E-state index contributed by atoms with van der Waals surface area (Å²) in [5.41, 5.74) is 5.84. The van der Waals surface area contributed by atoms with Crippen LogP contribution in [0.3, 0.4) is 0 Å². The van der Waals surface area contributed by atoms with E-state index in [1.54, 1.807) is 0 Å². The van der Waals surface area contributed by atoms with Crippen molar-refractivity contribution in [1.82, 2.24) is 4.90 Å². The third-order valence-electron chi connectivity index (χ3n) is 3.40. The van der Waals surface area contributed by atoms with Crippen molar-refractivity contribution in [2.45, 2.75) is 51.7 Å². The van der Waals surface area contributed by atoms with Gasteiger partial charge in [0.05, 0.1) is 6.10 Å². The Hall–Kier alpha value is -0.120. The van der Waals surface area contributed by atoms with E-state index in [9.17, 15) is 0 Å². The van der Waals surface area contributed by atoms with Crippen LogP contribution in [0.25, 0.3) is 0 Å². The van der Waals surface area contributed by atoms with Gasteiger partial charge < -0.3 is 10.5 Å². The second kappa shape index (κ2) is 7.25. The molecule has 1 aliphatic heterocycles. The SMILES string of the molecule is CC(C)CC(CN)N(C)CC1CCCCO1. The Kier molecular flexibility index (Phi) is 6.32. The molecule has 0 aromatic carbocycles. The Bertz CT molecular complexity index is 179. The molecular formula is C13H28N2O. The van der Waals surface area contributed by atoms with Gasteiger partial charge in [-0.3, -0.25) is 4.90 Å². The zero-order valence-corrected chi connectivity index (χ0v) is 11.1. The number of hydrogen-bond donors (Lipinski definition) is 1. The fourth-order valence-corrected chi connectivity index (χ4v) is 2.42. The molecule has 0 spiro atoms.